The van der Waals surface area contributed by atoms with E-state index in [-0.39, 0.29) is 0 Å². The summed E-state index contributed by atoms with van der Waals surface area (Å²) in [5.74, 6) is 2.59. The number of hydrogen-bond acceptors (Lipinski definition) is 2. The van der Waals surface area contributed by atoms with Crippen molar-refractivity contribution >= 4 is 31.9 Å². The molecule has 18 heavy (non-hydrogen) atoms. The maximum atomic E-state index is 5.57. The summed E-state index contributed by atoms with van der Waals surface area (Å²) in [4.78, 5) is 0.325. The van der Waals surface area contributed by atoms with Gasteiger partial charge in [-0.3, -0.25) is 0 Å². The molecule has 0 amide bonds. The molecular weight excluding hydrogens is 360 g/mol. The first-order chi connectivity index (χ1) is 8.58. The van der Waals surface area contributed by atoms with E-state index in [2.05, 4.69) is 38.8 Å². The fraction of sp³-hybridized carbons (Fsp3) is 0.571. The summed E-state index contributed by atoms with van der Waals surface area (Å²) in [7, 11) is 3.45. The topological polar surface area (TPSA) is 18.5 Å². The molecule has 4 heteroatoms. The molecular formula is C14H18Br2O2. The van der Waals surface area contributed by atoms with E-state index in [4.69, 9.17) is 9.47 Å². The number of ether oxygens (including phenoxy) is 2. The van der Waals surface area contributed by atoms with Crippen LogP contribution in [0.1, 0.15) is 35.7 Å². The molecule has 2 atom stereocenters. The van der Waals surface area contributed by atoms with Gasteiger partial charge in [0.15, 0.2) is 0 Å². The van der Waals surface area contributed by atoms with Gasteiger partial charge >= 0.3 is 0 Å². The highest BCUT2D eigenvalue weighted by Crippen LogP contribution is 2.48. The average molecular weight is 378 g/mol. The van der Waals surface area contributed by atoms with Crippen LogP contribution in [0.3, 0.4) is 0 Å². The third kappa shape index (κ3) is 2.55. The van der Waals surface area contributed by atoms with Crippen molar-refractivity contribution in [3.63, 3.8) is 0 Å². The van der Waals surface area contributed by atoms with Gasteiger partial charge in [-0.05, 0) is 47.2 Å². The fourth-order valence-electron chi connectivity index (χ4n) is 2.62. The summed E-state index contributed by atoms with van der Waals surface area (Å²) in [6.45, 7) is 2.30. The first-order valence-electron chi connectivity index (χ1n) is 6.15. The summed E-state index contributed by atoms with van der Waals surface area (Å²) in [5.41, 5.74) is 2.52. The third-order valence-electron chi connectivity index (χ3n) is 3.58. The van der Waals surface area contributed by atoms with E-state index in [1.54, 1.807) is 14.2 Å². The molecule has 2 nitrogen and oxygen atoms in total. The predicted octanol–water partition coefficient (Wildman–Crippen LogP) is 4.87. The maximum Gasteiger partial charge on any atom is 0.137 e. The first kappa shape index (κ1) is 14.2. The van der Waals surface area contributed by atoms with Crippen molar-refractivity contribution in [3.8, 4) is 11.5 Å². The van der Waals surface area contributed by atoms with Gasteiger partial charge in [-0.2, -0.15) is 0 Å². The number of alkyl halides is 1. The fourth-order valence-corrected chi connectivity index (χ4v) is 4.33. The van der Waals surface area contributed by atoms with Crippen LogP contribution in [0.25, 0.3) is 0 Å². The van der Waals surface area contributed by atoms with E-state index in [0.717, 1.165) is 28.8 Å². The van der Waals surface area contributed by atoms with Gasteiger partial charge in [-0.15, -0.1) is 0 Å². The zero-order valence-corrected chi connectivity index (χ0v) is 14.1. The van der Waals surface area contributed by atoms with E-state index in [1.807, 2.05) is 6.07 Å². The van der Waals surface area contributed by atoms with E-state index >= 15 is 0 Å². The summed E-state index contributed by atoms with van der Waals surface area (Å²) in [6.07, 6.45) is 3.37. The van der Waals surface area contributed by atoms with Crippen molar-refractivity contribution in [2.24, 2.45) is 5.92 Å². The molecule has 1 aliphatic carbocycles. The highest BCUT2D eigenvalue weighted by Gasteiger charge is 2.28. The van der Waals surface area contributed by atoms with Crippen LogP contribution in [0.4, 0.5) is 0 Å². The molecule has 0 N–H and O–H groups in total. The summed E-state index contributed by atoms with van der Waals surface area (Å²) < 4.78 is 12.1. The van der Waals surface area contributed by atoms with E-state index in [9.17, 15) is 0 Å². The Bertz CT molecular complexity index is 446. The summed E-state index contributed by atoms with van der Waals surface area (Å²) >= 11 is 7.38. The van der Waals surface area contributed by atoms with Crippen molar-refractivity contribution in [2.75, 3.05) is 14.2 Å². The van der Waals surface area contributed by atoms with E-state index in [0.29, 0.717) is 10.7 Å². The molecule has 0 heterocycles. The van der Waals surface area contributed by atoms with Gasteiger partial charge in [0.1, 0.15) is 11.5 Å². The molecule has 1 aromatic carbocycles. The Morgan fingerprint density at radius 2 is 2.00 bits per heavy atom. The highest BCUT2D eigenvalue weighted by molar-refractivity contribution is 9.10. The Hall–Kier alpha value is -0.220. The van der Waals surface area contributed by atoms with Crippen LogP contribution in [0.2, 0.25) is 0 Å². The second-order valence-electron chi connectivity index (χ2n) is 4.83. The van der Waals surface area contributed by atoms with Crippen LogP contribution in [-0.2, 0) is 6.42 Å². The minimum Gasteiger partial charge on any atom is -0.496 e. The minimum atomic E-state index is 0.325. The summed E-state index contributed by atoms with van der Waals surface area (Å²) in [5, 5.41) is 0. The van der Waals surface area contributed by atoms with Crippen molar-refractivity contribution in [2.45, 2.75) is 31.0 Å². The number of rotatable bonds is 2. The maximum absolute atomic E-state index is 5.57. The highest BCUT2D eigenvalue weighted by atomic mass is 79.9. The lowest BCUT2D eigenvalue weighted by molar-refractivity contribution is 0.392. The van der Waals surface area contributed by atoms with Gasteiger partial charge < -0.3 is 9.47 Å². The standard InChI is InChI=1S/C14H18Br2O2/c1-8-4-5-9-12(17-2)7-11(16)14(18-3)13(9)10(15)6-8/h7-8,10H,4-6H2,1-3H3. The molecule has 0 spiro atoms. The Morgan fingerprint density at radius 1 is 1.28 bits per heavy atom. The third-order valence-corrected chi connectivity index (χ3v) is 5.00. The van der Waals surface area contributed by atoms with Gasteiger partial charge in [0, 0.05) is 16.0 Å². The molecule has 0 radical (unpaired) electrons. The Morgan fingerprint density at radius 3 is 2.61 bits per heavy atom. The monoisotopic (exact) mass is 376 g/mol. The Balaban J connectivity index is 2.63. The second-order valence-corrected chi connectivity index (χ2v) is 6.79. The van der Waals surface area contributed by atoms with Crippen molar-refractivity contribution in [3.05, 3.63) is 21.7 Å². The molecule has 0 saturated heterocycles. The van der Waals surface area contributed by atoms with Crippen LogP contribution in [0.5, 0.6) is 11.5 Å². The van der Waals surface area contributed by atoms with Gasteiger partial charge in [0.05, 0.1) is 18.7 Å². The van der Waals surface area contributed by atoms with Crippen LogP contribution >= 0.6 is 31.9 Å². The van der Waals surface area contributed by atoms with Gasteiger partial charge in [0.2, 0.25) is 0 Å². The number of methoxy groups -OCH3 is 2. The molecule has 0 aliphatic heterocycles. The van der Waals surface area contributed by atoms with Crippen molar-refractivity contribution in [1.82, 2.24) is 0 Å². The van der Waals surface area contributed by atoms with Gasteiger partial charge in [-0.1, -0.05) is 22.9 Å². The largest absolute Gasteiger partial charge is 0.496 e. The Labute approximate surface area is 125 Å². The molecule has 0 bridgehead atoms. The second kappa shape index (κ2) is 5.83. The number of benzene rings is 1. The number of halogens is 2. The van der Waals surface area contributed by atoms with Gasteiger partial charge in [0.25, 0.3) is 0 Å². The molecule has 0 fully saturated rings. The Kier molecular flexibility index (Phi) is 4.59. The number of hydrogen-bond donors (Lipinski definition) is 0. The number of fused-ring (bicyclic) bond motifs is 1. The van der Waals surface area contributed by atoms with Gasteiger partial charge in [-0.25, -0.2) is 0 Å². The average Bonchev–Trinajstić information content (AvgIpc) is 2.48. The lowest BCUT2D eigenvalue weighted by Gasteiger charge is -2.20. The molecule has 0 saturated carbocycles. The SMILES string of the molecule is COc1cc(Br)c(OC)c2c1CCC(C)CC2Br. The first-order valence-corrected chi connectivity index (χ1v) is 7.86. The molecule has 0 aromatic heterocycles. The normalized spacial score (nSPS) is 23.2. The molecule has 2 unspecified atom stereocenters. The quantitative estimate of drug-likeness (QED) is 0.540. The van der Waals surface area contributed by atoms with Crippen LogP contribution in [0.15, 0.2) is 10.5 Å². The molecule has 100 valence electrons. The zero-order chi connectivity index (χ0) is 13.3. The molecule has 2 rings (SSSR count). The van der Waals surface area contributed by atoms with Crippen molar-refractivity contribution < 1.29 is 9.47 Å². The molecule has 1 aromatic rings. The van der Waals surface area contributed by atoms with E-state index in [1.165, 1.54) is 17.5 Å². The molecule has 1 aliphatic rings. The van der Waals surface area contributed by atoms with Crippen LogP contribution < -0.4 is 9.47 Å². The predicted molar refractivity (Wildman–Crippen MR) is 81.0 cm³/mol. The van der Waals surface area contributed by atoms with Crippen molar-refractivity contribution in [1.29, 1.82) is 0 Å². The zero-order valence-electron chi connectivity index (χ0n) is 10.9. The van der Waals surface area contributed by atoms with E-state index < -0.39 is 0 Å². The lowest BCUT2D eigenvalue weighted by atomic mass is 10.0. The summed E-state index contributed by atoms with van der Waals surface area (Å²) in [6, 6.07) is 2.01. The smallest absolute Gasteiger partial charge is 0.137 e. The minimum absolute atomic E-state index is 0.325. The lowest BCUT2D eigenvalue weighted by Crippen LogP contribution is -2.02. The van der Waals surface area contributed by atoms with Crippen LogP contribution in [0, 0.1) is 5.92 Å². The van der Waals surface area contributed by atoms with Crippen LogP contribution in [-0.4, -0.2) is 14.2 Å².